The van der Waals surface area contributed by atoms with Gasteiger partial charge in [-0.05, 0) is 12.8 Å². The Kier molecular flexibility index (Phi) is 2.99. The summed E-state index contributed by atoms with van der Waals surface area (Å²) in [5.74, 6) is 0.101. The first-order valence-corrected chi connectivity index (χ1v) is 7.03. The van der Waals surface area contributed by atoms with Gasteiger partial charge in [0, 0.05) is 17.6 Å². The molecule has 0 bridgehead atoms. The van der Waals surface area contributed by atoms with Gasteiger partial charge < -0.3 is 9.80 Å². The smallest absolute Gasteiger partial charge is 0.246 e. The monoisotopic (exact) mass is 285 g/mol. The van der Waals surface area contributed by atoms with Gasteiger partial charge in [-0.3, -0.25) is 9.59 Å². The fourth-order valence-electron chi connectivity index (χ4n) is 2.54. The molecule has 96 valence electrons. The van der Waals surface area contributed by atoms with Gasteiger partial charge in [0.2, 0.25) is 11.8 Å². The molecule has 0 N–H and O–H groups in total. The Morgan fingerprint density at radius 3 is 3.06 bits per heavy atom. The molecule has 1 unspecified atom stereocenters. The summed E-state index contributed by atoms with van der Waals surface area (Å²) in [5, 5.41) is 0. The van der Waals surface area contributed by atoms with Crippen LogP contribution >= 0.6 is 22.9 Å². The lowest BCUT2D eigenvalue weighted by molar-refractivity contribution is -0.154. The molecule has 5 nitrogen and oxygen atoms in total. The zero-order chi connectivity index (χ0) is 12.7. The van der Waals surface area contributed by atoms with Gasteiger partial charge in [-0.2, -0.15) is 0 Å². The van der Waals surface area contributed by atoms with Crippen LogP contribution in [0.2, 0.25) is 4.47 Å². The number of nitrogens with zero attached hydrogens (tertiary/aromatic N) is 3. The van der Waals surface area contributed by atoms with Crippen LogP contribution in [-0.4, -0.2) is 45.7 Å². The average molecular weight is 286 g/mol. The lowest BCUT2D eigenvalue weighted by Crippen LogP contribution is -2.56. The van der Waals surface area contributed by atoms with Gasteiger partial charge in [0.15, 0.2) is 4.47 Å². The first-order valence-electron chi connectivity index (χ1n) is 5.83. The zero-order valence-corrected chi connectivity index (χ0v) is 11.2. The van der Waals surface area contributed by atoms with Crippen molar-refractivity contribution in [3.8, 4) is 0 Å². The van der Waals surface area contributed by atoms with Crippen LogP contribution in [0.1, 0.15) is 17.7 Å². The van der Waals surface area contributed by atoms with E-state index in [1.807, 2.05) is 0 Å². The molecule has 7 heteroatoms. The topological polar surface area (TPSA) is 53.5 Å². The van der Waals surface area contributed by atoms with Crippen molar-refractivity contribution in [1.82, 2.24) is 14.8 Å². The molecule has 1 atom stereocenters. The number of rotatable bonds is 2. The van der Waals surface area contributed by atoms with Crippen molar-refractivity contribution in [2.24, 2.45) is 0 Å². The Balaban J connectivity index is 1.76. The van der Waals surface area contributed by atoms with Crippen LogP contribution in [0.5, 0.6) is 0 Å². The molecule has 2 aliphatic rings. The molecular formula is C11H12ClN3O2S. The molecule has 2 aliphatic heterocycles. The van der Waals surface area contributed by atoms with Crippen LogP contribution in [0.25, 0.3) is 0 Å². The van der Waals surface area contributed by atoms with Crippen LogP contribution in [-0.2, 0) is 16.1 Å². The standard InChI is InChI=1S/C11H12ClN3O2S/c12-11-13-4-7(18-11)5-14-6-9(16)15-3-1-2-8(15)10(14)17/h4,8H,1-3,5-6H2. The molecule has 2 saturated heterocycles. The van der Waals surface area contributed by atoms with E-state index in [-0.39, 0.29) is 24.4 Å². The Labute approximate surface area is 113 Å². The summed E-state index contributed by atoms with van der Waals surface area (Å²) < 4.78 is 0.461. The van der Waals surface area contributed by atoms with E-state index >= 15 is 0 Å². The number of hydrogen-bond acceptors (Lipinski definition) is 4. The molecule has 2 amide bonds. The van der Waals surface area contributed by atoms with E-state index < -0.39 is 0 Å². The molecule has 0 aliphatic carbocycles. The van der Waals surface area contributed by atoms with Gasteiger partial charge in [-0.15, -0.1) is 11.3 Å². The summed E-state index contributed by atoms with van der Waals surface area (Å²) in [5.41, 5.74) is 0. The predicted octanol–water partition coefficient (Wildman–Crippen LogP) is 1.13. The van der Waals surface area contributed by atoms with Gasteiger partial charge in [-0.25, -0.2) is 4.98 Å². The normalized spacial score (nSPS) is 23.7. The van der Waals surface area contributed by atoms with Gasteiger partial charge in [0.05, 0.1) is 6.54 Å². The Bertz CT molecular complexity index is 504. The first-order chi connectivity index (χ1) is 8.65. The Morgan fingerprint density at radius 2 is 2.33 bits per heavy atom. The van der Waals surface area contributed by atoms with Crippen LogP contribution in [0.3, 0.4) is 0 Å². The van der Waals surface area contributed by atoms with E-state index in [0.29, 0.717) is 11.0 Å². The molecule has 1 aromatic rings. The minimum absolute atomic E-state index is 0.0488. The number of piperazine rings is 1. The highest BCUT2D eigenvalue weighted by molar-refractivity contribution is 7.15. The number of thiazole rings is 1. The molecule has 18 heavy (non-hydrogen) atoms. The summed E-state index contributed by atoms with van der Waals surface area (Å²) in [6.07, 6.45) is 3.36. The fourth-order valence-corrected chi connectivity index (χ4v) is 3.54. The maximum Gasteiger partial charge on any atom is 0.246 e. The molecule has 0 aromatic carbocycles. The van der Waals surface area contributed by atoms with Gasteiger partial charge in [-0.1, -0.05) is 11.6 Å². The highest BCUT2D eigenvalue weighted by atomic mass is 35.5. The van der Waals surface area contributed by atoms with E-state index in [9.17, 15) is 9.59 Å². The second kappa shape index (κ2) is 4.51. The minimum Gasteiger partial charge on any atom is -0.329 e. The van der Waals surface area contributed by atoms with Gasteiger partial charge >= 0.3 is 0 Å². The van der Waals surface area contributed by atoms with E-state index in [0.717, 1.165) is 24.3 Å². The second-order valence-electron chi connectivity index (χ2n) is 4.52. The van der Waals surface area contributed by atoms with Crippen molar-refractivity contribution in [3.05, 3.63) is 15.5 Å². The van der Waals surface area contributed by atoms with Crippen molar-refractivity contribution >= 4 is 34.8 Å². The van der Waals surface area contributed by atoms with Gasteiger partial charge in [0.25, 0.3) is 0 Å². The molecular weight excluding hydrogens is 274 g/mol. The third-order valence-electron chi connectivity index (χ3n) is 3.37. The van der Waals surface area contributed by atoms with E-state index in [1.54, 1.807) is 16.0 Å². The lowest BCUT2D eigenvalue weighted by Gasteiger charge is -2.36. The van der Waals surface area contributed by atoms with Crippen LogP contribution < -0.4 is 0 Å². The largest absolute Gasteiger partial charge is 0.329 e. The molecule has 3 rings (SSSR count). The van der Waals surface area contributed by atoms with Crippen molar-refractivity contribution in [3.63, 3.8) is 0 Å². The number of halogens is 1. The summed E-state index contributed by atoms with van der Waals surface area (Å²) in [4.78, 5) is 32.3. The van der Waals surface area contributed by atoms with Crippen molar-refractivity contribution in [2.75, 3.05) is 13.1 Å². The zero-order valence-electron chi connectivity index (χ0n) is 9.63. The summed E-state index contributed by atoms with van der Waals surface area (Å²) >= 11 is 7.11. The molecule has 2 fully saturated rings. The van der Waals surface area contributed by atoms with E-state index in [2.05, 4.69) is 4.98 Å². The quantitative estimate of drug-likeness (QED) is 0.818. The number of carbonyl (C=O) groups excluding carboxylic acids is 2. The molecule has 1 aromatic heterocycles. The number of hydrogen-bond donors (Lipinski definition) is 0. The lowest BCUT2D eigenvalue weighted by atomic mass is 10.1. The number of aromatic nitrogens is 1. The molecule has 0 saturated carbocycles. The van der Waals surface area contributed by atoms with Crippen LogP contribution in [0.4, 0.5) is 0 Å². The Morgan fingerprint density at radius 1 is 1.50 bits per heavy atom. The van der Waals surface area contributed by atoms with E-state index in [1.165, 1.54) is 11.3 Å². The molecule has 0 radical (unpaired) electrons. The summed E-state index contributed by atoms with van der Waals surface area (Å²) in [6, 6.07) is -0.241. The predicted molar refractivity (Wildman–Crippen MR) is 67.3 cm³/mol. The van der Waals surface area contributed by atoms with E-state index in [4.69, 9.17) is 11.6 Å². The average Bonchev–Trinajstić information content (AvgIpc) is 2.95. The summed E-state index contributed by atoms with van der Waals surface area (Å²) in [7, 11) is 0. The number of carbonyl (C=O) groups is 2. The summed E-state index contributed by atoms with van der Waals surface area (Å²) in [6.45, 7) is 1.32. The number of amides is 2. The van der Waals surface area contributed by atoms with Crippen LogP contribution in [0, 0.1) is 0 Å². The minimum atomic E-state index is -0.241. The highest BCUT2D eigenvalue weighted by Gasteiger charge is 2.41. The van der Waals surface area contributed by atoms with Crippen molar-refractivity contribution < 1.29 is 9.59 Å². The molecule has 0 spiro atoms. The second-order valence-corrected chi connectivity index (χ2v) is 6.22. The first kappa shape index (κ1) is 11.9. The fraction of sp³-hybridized carbons (Fsp3) is 0.545. The highest BCUT2D eigenvalue weighted by Crippen LogP contribution is 2.26. The number of fused-ring (bicyclic) bond motifs is 1. The van der Waals surface area contributed by atoms with Crippen LogP contribution in [0.15, 0.2) is 6.20 Å². The van der Waals surface area contributed by atoms with Crippen molar-refractivity contribution in [1.29, 1.82) is 0 Å². The maximum atomic E-state index is 12.2. The van der Waals surface area contributed by atoms with Crippen molar-refractivity contribution in [2.45, 2.75) is 25.4 Å². The Hall–Kier alpha value is -1.14. The maximum absolute atomic E-state index is 12.2. The SMILES string of the molecule is O=C1C2CCCN2C(=O)CN1Cc1cnc(Cl)s1. The van der Waals surface area contributed by atoms with Gasteiger partial charge in [0.1, 0.15) is 12.6 Å². The third-order valence-corrected chi connectivity index (χ3v) is 4.47. The third kappa shape index (κ3) is 1.99. The molecule has 3 heterocycles.